The number of methoxy groups -OCH3 is 1. The van der Waals surface area contributed by atoms with Crippen LogP contribution in [0, 0.1) is 0 Å². The molecule has 0 atom stereocenters. The van der Waals surface area contributed by atoms with Crippen LogP contribution in [0.4, 0.5) is 17.2 Å². The zero-order valence-corrected chi connectivity index (χ0v) is 14.6. The van der Waals surface area contributed by atoms with E-state index in [4.69, 9.17) is 9.47 Å². The van der Waals surface area contributed by atoms with Gasteiger partial charge in [-0.25, -0.2) is 4.98 Å². The first kappa shape index (κ1) is 16.2. The summed E-state index contributed by atoms with van der Waals surface area (Å²) in [6, 6.07) is 12.3. The van der Waals surface area contributed by atoms with Crippen molar-refractivity contribution in [3.05, 3.63) is 42.6 Å². The minimum atomic E-state index is 0.822. The molecule has 0 spiro atoms. The van der Waals surface area contributed by atoms with Crippen LogP contribution in [-0.4, -0.2) is 63.1 Å². The molecule has 0 N–H and O–H groups in total. The molecule has 1 aromatic carbocycles. The molecule has 0 amide bonds. The average molecular weight is 340 g/mol. The van der Waals surface area contributed by atoms with Gasteiger partial charge in [0.05, 0.1) is 32.7 Å². The van der Waals surface area contributed by atoms with Gasteiger partial charge in [-0.2, -0.15) is 0 Å². The van der Waals surface area contributed by atoms with E-state index >= 15 is 0 Å². The molecule has 3 heterocycles. The molecule has 1 aromatic heterocycles. The third-order valence-electron chi connectivity index (χ3n) is 4.85. The molecule has 1 saturated heterocycles. The highest BCUT2D eigenvalue weighted by Gasteiger charge is 2.28. The van der Waals surface area contributed by atoms with Crippen molar-refractivity contribution in [1.82, 2.24) is 9.88 Å². The summed E-state index contributed by atoms with van der Waals surface area (Å²) < 4.78 is 10.7. The Labute approximate surface area is 148 Å². The van der Waals surface area contributed by atoms with Crippen molar-refractivity contribution in [1.29, 1.82) is 0 Å². The van der Waals surface area contributed by atoms with Crippen molar-refractivity contribution in [2.75, 3.05) is 63.0 Å². The Morgan fingerprint density at radius 2 is 1.88 bits per heavy atom. The molecule has 6 heteroatoms. The number of pyridine rings is 1. The van der Waals surface area contributed by atoms with Gasteiger partial charge in [0.25, 0.3) is 0 Å². The van der Waals surface area contributed by atoms with Gasteiger partial charge in [0.2, 0.25) is 0 Å². The maximum Gasteiger partial charge on any atom is 0.158 e. The van der Waals surface area contributed by atoms with Crippen LogP contribution < -0.4 is 14.5 Å². The molecular formula is C19H24N4O2. The van der Waals surface area contributed by atoms with Gasteiger partial charge < -0.3 is 19.3 Å². The van der Waals surface area contributed by atoms with Gasteiger partial charge in [-0.05, 0) is 36.4 Å². The van der Waals surface area contributed by atoms with E-state index in [1.54, 1.807) is 7.11 Å². The average Bonchev–Trinajstić information content (AvgIpc) is 3.06. The van der Waals surface area contributed by atoms with E-state index in [9.17, 15) is 0 Å². The Balaban J connectivity index is 1.50. The second-order valence-electron chi connectivity index (χ2n) is 6.33. The van der Waals surface area contributed by atoms with E-state index < -0.39 is 0 Å². The normalized spacial score (nSPS) is 17.6. The first-order chi connectivity index (χ1) is 12.3. The summed E-state index contributed by atoms with van der Waals surface area (Å²) in [5, 5.41) is 0. The highest BCUT2D eigenvalue weighted by Crippen LogP contribution is 2.38. The first-order valence-corrected chi connectivity index (χ1v) is 8.77. The lowest BCUT2D eigenvalue weighted by Crippen LogP contribution is -2.42. The third kappa shape index (κ3) is 3.41. The fraction of sp³-hybridized carbons (Fsp3) is 0.421. The molecule has 0 saturated carbocycles. The Bertz CT molecular complexity index is 701. The summed E-state index contributed by atoms with van der Waals surface area (Å²) in [6.45, 7) is 6.60. The number of hydrogen-bond donors (Lipinski definition) is 0. The molecule has 2 aromatic rings. The number of fused-ring (bicyclic) bond motifs is 1. The van der Waals surface area contributed by atoms with E-state index in [1.165, 1.54) is 5.69 Å². The fourth-order valence-corrected chi connectivity index (χ4v) is 3.40. The minimum Gasteiger partial charge on any atom is -0.497 e. The lowest BCUT2D eigenvalue weighted by atomic mass is 10.3. The predicted octanol–water partition coefficient (Wildman–Crippen LogP) is 2.34. The summed E-state index contributed by atoms with van der Waals surface area (Å²) >= 11 is 0. The molecule has 0 aliphatic carbocycles. The van der Waals surface area contributed by atoms with Crippen LogP contribution in [0.25, 0.3) is 0 Å². The quantitative estimate of drug-likeness (QED) is 0.832. The zero-order valence-electron chi connectivity index (χ0n) is 14.6. The Kier molecular flexibility index (Phi) is 4.72. The van der Waals surface area contributed by atoms with Gasteiger partial charge >= 0.3 is 0 Å². The monoisotopic (exact) mass is 340 g/mol. The van der Waals surface area contributed by atoms with Crippen molar-refractivity contribution in [2.45, 2.75) is 0 Å². The van der Waals surface area contributed by atoms with Crippen LogP contribution in [0.1, 0.15) is 0 Å². The van der Waals surface area contributed by atoms with Gasteiger partial charge in [0.15, 0.2) is 5.82 Å². The fourth-order valence-electron chi connectivity index (χ4n) is 3.40. The van der Waals surface area contributed by atoms with E-state index in [0.29, 0.717) is 0 Å². The smallest absolute Gasteiger partial charge is 0.158 e. The Morgan fingerprint density at radius 1 is 1.08 bits per heavy atom. The molecule has 1 fully saturated rings. The van der Waals surface area contributed by atoms with Gasteiger partial charge in [0, 0.05) is 38.1 Å². The minimum absolute atomic E-state index is 0.822. The van der Waals surface area contributed by atoms with Gasteiger partial charge in [-0.15, -0.1) is 0 Å². The second kappa shape index (κ2) is 7.29. The number of hydrogen-bond acceptors (Lipinski definition) is 6. The molecule has 132 valence electrons. The lowest BCUT2D eigenvalue weighted by Gasteiger charge is -2.29. The molecule has 6 nitrogen and oxygen atoms in total. The number of anilines is 3. The molecule has 2 aliphatic heterocycles. The summed E-state index contributed by atoms with van der Waals surface area (Å²) in [5.74, 6) is 1.89. The summed E-state index contributed by atoms with van der Waals surface area (Å²) in [7, 11) is 1.69. The molecule has 2 aliphatic rings. The standard InChI is InChI=1S/C19H24N4O2/c1-24-17-6-4-16(5-7-17)23-15-22(18-3-2-8-20-19(18)23)10-9-21-11-13-25-14-12-21/h2-8H,9-15H2,1H3. The molecule has 0 bridgehead atoms. The van der Waals surface area contributed by atoms with E-state index in [-0.39, 0.29) is 0 Å². The van der Waals surface area contributed by atoms with Gasteiger partial charge in [-0.3, -0.25) is 4.90 Å². The van der Waals surface area contributed by atoms with Crippen molar-refractivity contribution in [3.63, 3.8) is 0 Å². The van der Waals surface area contributed by atoms with Crippen LogP contribution in [0.15, 0.2) is 42.6 Å². The topological polar surface area (TPSA) is 41.1 Å². The van der Waals surface area contributed by atoms with Crippen molar-refractivity contribution in [3.8, 4) is 5.75 Å². The maximum atomic E-state index is 5.44. The lowest BCUT2D eigenvalue weighted by molar-refractivity contribution is 0.0392. The molecule has 0 unspecified atom stereocenters. The van der Waals surface area contributed by atoms with E-state index in [0.717, 1.165) is 63.3 Å². The zero-order chi connectivity index (χ0) is 17.1. The van der Waals surface area contributed by atoms with Crippen molar-refractivity contribution < 1.29 is 9.47 Å². The summed E-state index contributed by atoms with van der Waals surface area (Å²) in [4.78, 5) is 11.8. The van der Waals surface area contributed by atoms with Crippen LogP contribution >= 0.6 is 0 Å². The molecule has 25 heavy (non-hydrogen) atoms. The molecule has 0 radical (unpaired) electrons. The Hall–Kier alpha value is -2.31. The first-order valence-electron chi connectivity index (χ1n) is 8.77. The SMILES string of the molecule is COc1ccc(N2CN(CCN3CCOCC3)c3cccnc32)cc1. The number of aromatic nitrogens is 1. The summed E-state index contributed by atoms with van der Waals surface area (Å²) in [6.07, 6.45) is 1.86. The maximum absolute atomic E-state index is 5.44. The number of ether oxygens (including phenoxy) is 2. The van der Waals surface area contributed by atoms with Gasteiger partial charge in [0.1, 0.15) is 5.75 Å². The number of morpholine rings is 1. The summed E-state index contributed by atoms with van der Waals surface area (Å²) in [5.41, 5.74) is 2.33. The highest BCUT2D eigenvalue weighted by molar-refractivity contribution is 5.79. The van der Waals surface area contributed by atoms with Crippen LogP contribution in [0.3, 0.4) is 0 Å². The van der Waals surface area contributed by atoms with Crippen LogP contribution in [0.2, 0.25) is 0 Å². The van der Waals surface area contributed by atoms with Crippen molar-refractivity contribution >= 4 is 17.2 Å². The number of benzene rings is 1. The molecule has 4 rings (SSSR count). The Morgan fingerprint density at radius 3 is 2.64 bits per heavy atom. The van der Waals surface area contributed by atoms with E-state index in [1.807, 2.05) is 24.4 Å². The highest BCUT2D eigenvalue weighted by atomic mass is 16.5. The number of nitrogens with zero attached hydrogens (tertiary/aromatic N) is 4. The number of rotatable bonds is 5. The van der Waals surface area contributed by atoms with Crippen LogP contribution in [0.5, 0.6) is 5.75 Å². The van der Waals surface area contributed by atoms with Crippen LogP contribution in [-0.2, 0) is 4.74 Å². The third-order valence-corrected chi connectivity index (χ3v) is 4.85. The predicted molar refractivity (Wildman–Crippen MR) is 98.8 cm³/mol. The van der Waals surface area contributed by atoms with E-state index in [2.05, 4.69) is 37.9 Å². The second-order valence-corrected chi connectivity index (χ2v) is 6.33. The molecular weight excluding hydrogens is 316 g/mol. The van der Waals surface area contributed by atoms with Crippen molar-refractivity contribution in [2.24, 2.45) is 0 Å². The largest absolute Gasteiger partial charge is 0.497 e. The van der Waals surface area contributed by atoms with Gasteiger partial charge in [-0.1, -0.05) is 0 Å².